The van der Waals surface area contributed by atoms with E-state index >= 15 is 0 Å². The molecule has 0 saturated heterocycles. The molecule has 1 aromatic carbocycles. The van der Waals surface area contributed by atoms with Gasteiger partial charge in [0, 0.05) is 5.56 Å². The zero-order valence-electron chi connectivity index (χ0n) is 10.1. The van der Waals surface area contributed by atoms with Gasteiger partial charge >= 0.3 is 0 Å². The Morgan fingerprint density at radius 3 is 2.65 bits per heavy atom. The quantitative estimate of drug-likeness (QED) is 0.843. The molecule has 0 unspecified atom stereocenters. The molecule has 5 nitrogen and oxygen atoms in total. The summed E-state index contributed by atoms with van der Waals surface area (Å²) < 4.78 is 14.1. The smallest absolute Gasteiger partial charge is 0.274 e. The summed E-state index contributed by atoms with van der Waals surface area (Å²) in [7, 11) is 0. The Kier molecular flexibility index (Phi) is 4.09. The second-order valence-corrected chi connectivity index (χ2v) is 4.67. The number of nitrogens with zero attached hydrogens (tertiary/aromatic N) is 1. The van der Waals surface area contributed by atoms with E-state index in [2.05, 4.69) is 26.2 Å². The van der Waals surface area contributed by atoms with Gasteiger partial charge in [0.25, 0.3) is 5.91 Å². The van der Waals surface area contributed by atoms with Crippen molar-refractivity contribution in [2.75, 3.05) is 5.32 Å². The zero-order valence-corrected chi connectivity index (χ0v) is 11.6. The Morgan fingerprint density at radius 1 is 1.25 bits per heavy atom. The second kappa shape index (κ2) is 5.79. The summed E-state index contributed by atoms with van der Waals surface area (Å²) in [5.74, 6) is -1.97. The largest absolute Gasteiger partial charge is 0.366 e. The fourth-order valence-corrected chi connectivity index (χ4v) is 1.84. The van der Waals surface area contributed by atoms with Crippen molar-refractivity contribution in [2.45, 2.75) is 0 Å². The van der Waals surface area contributed by atoms with Crippen molar-refractivity contribution in [3.63, 3.8) is 0 Å². The van der Waals surface area contributed by atoms with Crippen LogP contribution < -0.4 is 11.1 Å². The maximum atomic E-state index is 13.6. The first-order valence-corrected chi connectivity index (χ1v) is 6.30. The number of benzene rings is 1. The molecule has 0 spiro atoms. The van der Waals surface area contributed by atoms with Gasteiger partial charge < -0.3 is 11.1 Å². The van der Waals surface area contributed by atoms with Crippen molar-refractivity contribution in [1.29, 1.82) is 0 Å². The summed E-state index contributed by atoms with van der Waals surface area (Å²) in [6.45, 7) is 0. The van der Waals surface area contributed by atoms with Gasteiger partial charge in [-0.1, -0.05) is 6.07 Å². The Morgan fingerprint density at radius 2 is 2.00 bits per heavy atom. The zero-order chi connectivity index (χ0) is 14.7. The number of rotatable bonds is 3. The van der Waals surface area contributed by atoms with Crippen LogP contribution in [0.1, 0.15) is 20.8 Å². The van der Waals surface area contributed by atoms with Crippen LogP contribution in [0.5, 0.6) is 0 Å². The second-order valence-electron chi connectivity index (χ2n) is 3.86. The number of amides is 2. The Bertz CT molecular complexity index is 691. The van der Waals surface area contributed by atoms with E-state index in [1.807, 2.05) is 0 Å². The molecule has 0 aliphatic heterocycles. The highest BCUT2D eigenvalue weighted by atomic mass is 79.9. The number of anilines is 1. The molecule has 1 aromatic heterocycles. The molecule has 0 aliphatic rings. The average molecular weight is 338 g/mol. The van der Waals surface area contributed by atoms with Crippen molar-refractivity contribution >= 4 is 33.4 Å². The molecule has 7 heteroatoms. The van der Waals surface area contributed by atoms with E-state index in [0.717, 1.165) is 6.07 Å². The molecule has 2 rings (SSSR count). The molecular formula is C13H9BrFN3O2. The average Bonchev–Trinajstić information content (AvgIpc) is 2.41. The number of carbonyl (C=O) groups excluding carboxylic acids is 2. The van der Waals surface area contributed by atoms with Gasteiger partial charge in [0.1, 0.15) is 16.1 Å². The highest BCUT2D eigenvalue weighted by molar-refractivity contribution is 9.10. The summed E-state index contributed by atoms with van der Waals surface area (Å²) in [5, 5.41) is 2.34. The van der Waals surface area contributed by atoms with E-state index in [1.54, 1.807) is 12.1 Å². The van der Waals surface area contributed by atoms with Crippen LogP contribution in [0.2, 0.25) is 0 Å². The molecule has 102 valence electrons. The summed E-state index contributed by atoms with van der Waals surface area (Å²) in [6, 6.07) is 8.24. The summed E-state index contributed by atoms with van der Waals surface area (Å²) in [6.07, 6.45) is 0. The van der Waals surface area contributed by atoms with Crippen LogP contribution in [0.25, 0.3) is 0 Å². The Balaban J connectivity index is 2.27. The number of hydrogen-bond acceptors (Lipinski definition) is 3. The van der Waals surface area contributed by atoms with Gasteiger partial charge in [-0.3, -0.25) is 9.59 Å². The molecule has 20 heavy (non-hydrogen) atoms. The summed E-state index contributed by atoms with van der Waals surface area (Å²) in [4.78, 5) is 26.9. The Hall–Kier alpha value is -2.28. The number of primary amides is 1. The number of nitrogens with one attached hydrogen (secondary N) is 1. The third kappa shape index (κ3) is 3.18. The lowest BCUT2D eigenvalue weighted by molar-refractivity contribution is 0.0995. The van der Waals surface area contributed by atoms with Gasteiger partial charge in [0.15, 0.2) is 0 Å². The molecule has 0 radical (unpaired) electrons. The van der Waals surface area contributed by atoms with Gasteiger partial charge in [0.2, 0.25) is 5.91 Å². The lowest BCUT2D eigenvalue weighted by atomic mass is 10.2. The predicted octanol–water partition coefficient (Wildman–Crippen LogP) is 2.33. The van der Waals surface area contributed by atoms with Gasteiger partial charge in [0.05, 0.1) is 5.69 Å². The number of halogens is 2. The molecule has 0 saturated carbocycles. The van der Waals surface area contributed by atoms with Crippen LogP contribution in [-0.4, -0.2) is 16.8 Å². The predicted molar refractivity (Wildman–Crippen MR) is 74.8 cm³/mol. The number of carbonyl (C=O) groups is 2. The minimum Gasteiger partial charge on any atom is -0.366 e. The SMILES string of the molecule is NC(=O)c1ccc(F)c(NC(=O)c2cccc(Br)n2)c1. The maximum absolute atomic E-state index is 13.6. The van der Waals surface area contributed by atoms with Crippen LogP contribution in [0, 0.1) is 5.82 Å². The summed E-state index contributed by atoms with van der Waals surface area (Å²) in [5.41, 5.74) is 5.19. The van der Waals surface area contributed by atoms with Crippen LogP contribution in [0.15, 0.2) is 41.0 Å². The maximum Gasteiger partial charge on any atom is 0.274 e. The highest BCUT2D eigenvalue weighted by Crippen LogP contribution is 2.17. The van der Waals surface area contributed by atoms with Crippen molar-refractivity contribution in [3.8, 4) is 0 Å². The molecule has 1 heterocycles. The fraction of sp³-hybridized carbons (Fsp3) is 0. The van der Waals surface area contributed by atoms with E-state index in [-0.39, 0.29) is 16.9 Å². The van der Waals surface area contributed by atoms with Crippen LogP contribution >= 0.6 is 15.9 Å². The molecule has 0 fully saturated rings. The molecule has 0 atom stereocenters. The van der Waals surface area contributed by atoms with Gasteiger partial charge in [-0.25, -0.2) is 9.37 Å². The molecule has 2 aromatic rings. The first-order chi connectivity index (χ1) is 9.47. The topological polar surface area (TPSA) is 85.1 Å². The first-order valence-electron chi connectivity index (χ1n) is 5.50. The number of nitrogens with two attached hydrogens (primary N) is 1. The van der Waals surface area contributed by atoms with E-state index in [0.29, 0.717) is 4.60 Å². The third-order valence-electron chi connectivity index (χ3n) is 2.45. The lowest BCUT2D eigenvalue weighted by Gasteiger charge is -2.07. The highest BCUT2D eigenvalue weighted by Gasteiger charge is 2.12. The molecule has 0 aliphatic carbocycles. The Labute approximate surface area is 122 Å². The lowest BCUT2D eigenvalue weighted by Crippen LogP contribution is -2.16. The van der Waals surface area contributed by atoms with E-state index in [1.165, 1.54) is 18.2 Å². The summed E-state index contributed by atoms with van der Waals surface area (Å²) >= 11 is 3.13. The van der Waals surface area contributed by atoms with E-state index < -0.39 is 17.6 Å². The number of pyridine rings is 1. The molecular weight excluding hydrogens is 329 g/mol. The van der Waals surface area contributed by atoms with Crippen LogP contribution in [0.3, 0.4) is 0 Å². The van der Waals surface area contributed by atoms with Crippen molar-refractivity contribution in [1.82, 2.24) is 4.98 Å². The molecule has 2 amide bonds. The first kappa shape index (κ1) is 14.1. The molecule has 3 N–H and O–H groups in total. The molecule has 0 bridgehead atoms. The minimum absolute atomic E-state index is 0.101. The van der Waals surface area contributed by atoms with E-state index in [4.69, 9.17) is 5.73 Å². The number of hydrogen-bond donors (Lipinski definition) is 2. The van der Waals surface area contributed by atoms with Crippen molar-refractivity contribution in [3.05, 3.63) is 58.1 Å². The van der Waals surface area contributed by atoms with Gasteiger partial charge in [-0.2, -0.15) is 0 Å². The van der Waals surface area contributed by atoms with Crippen LogP contribution in [0.4, 0.5) is 10.1 Å². The van der Waals surface area contributed by atoms with Crippen LogP contribution in [-0.2, 0) is 0 Å². The minimum atomic E-state index is -0.707. The fourth-order valence-electron chi connectivity index (χ4n) is 1.50. The number of aromatic nitrogens is 1. The monoisotopic (exact) mass is 337 g/mol. The van der Waals surface area contributed by atoms with Crippen molar-refractivity contribution in [2.24, 2.45) is 5.73 Å². The van der Waals surface area contributed by atoms with Gasteiger partial charge in [-0.15, -0.1) is 0 Å². The van der Waals surface area contributed by atoms with Crippen molar-refractivity contribution < 1.29 is 14.0 Å². The third-order valence-corrected chi connectivity index (χ3v) is 2.89. The van der Waals surface area contributed by atoms with Gasteiger partial charge in [-0.05, 0) is 46.3 Å². The normalized spacial score (nSPS) is 10.1. The van der Waals surface area contributed by atoms with E-state index in [9.17, 15) is 14.0 Å². The standard InChI is InChI=1S/C13H9BrFN3O2/c14-11-3-1-2-9(17-11)13(20)18-10-6-7(12(16)19)4-5-8(10)15/h1-6H,(H2,16,19)(H,18,20).